The van der Waals surface area contributed by atoms with Crippen LogP contribution in [0.2, 0.25) is 0 Å². The number of anilines is 3. The molecule has 34 heavy (non-hydrogen) atoms. The van der Waals surface area contributed by atoms with Gasteiger partial charge in [-0.1, -0.05) is 0 Å². The molecule has 180 valence electrons. The minimum absolute atomic E-state index is 0.0867. The van der Waals surface area contributed by atoms with Crippen molar-refractivity contribution in [3.05, 3.63) is 53.4 Å². The SMILES string of the molecule is CCS(=O)(=O)N1CCc2cc(-c3nc(Nc4ccc(N5CCOCC5)cc4)ncc3C)oc2C1. The number of sulfonamides is 1. The summed E-state index contributed by atoms with van der Waals surface area (Å²) in [6.45, 7) is 7.62. The molecule has 1 fully saturated rings. The van der Waals surface area contributed by atoms with Gasteiger partial charge in [0.15, 0.2) is 5.76 Å². The highest BCUT2D eigenvalue weighted by molar-refractivity contribution is 7.89. The molecule has 5 rings (SSSR count). The zero-order valence-electron chi connectivity index (χ0n) is 19.5. The number of benzene rings is 1. The van der Waals surface area contributed by atoms with Crippen LogP contribution in [0.1, 0.15) is 23.8 Å². The van der Waals surface area contributed by atoms with E-state index in [0.29, 0.717) is 36.1 Å². The Bertz CT molecular complexity index is 1270. The van der Waals surface area contributed by atoms with Gasteiger partial charge in [-0.05, 0) is 61.7 Å². The average Bonchev–Trinajstić information content (AvgIpc) is 3.29. The van der Waals surface area contributed by atoms with Gasteiger partial charge in [-0.15, -0.1) is 0 Å². The smallest absolute Gasteiger partial charge is 0.227 e. The summed E-state index contributed by atoms with van der Waals surface area (Å²) in [4.78, 5) is 11.4. The van der Waals surface area contributed by atoms with Crippen molar-refractivity contribution in [2.24, 2.45) is 0 Å². The lowest BCUT2D eigenvalue weighted by atomic mass is 10.1. The third-order valence-electron chi connectivity index (χ3n) is 6.31. The second-order valence-corrected chi connectivity index (χ2v) is 10.8. The molecule has 0 spiro atoms. The van der Waals surface area contributed by atoms with Crippen molar-refractivity contribution in [2.45, 2.75) is 26.8 Å². The van der Waals surface area contributed by atoms with E-state index in [4.69, 9.17) is 14.1 Å². The summed E-state index contributed by atoms with van der Waals surface area (Å²) in [7, 11) is -3.25. The van der Waals surface area contributed by atoms with Crippen LogP contribution in [0.3, 0.4) is 0 Å². The summed E-state index contributed by atoms with van der Waals surface area (Å²) in [6.07, 6.45) is 2.39. The first kappa shape index (κ1) is 22.8. The van der Waals surface area contributed by atoms with E-state index in [1.165, 1.54) is 9.99 Å². The van der Waals surface area contributed by atoms with Crippen LogP contribution < -0.4 is 10.2 Å². The van der Waals surface area contributed by atoms with Crippen LogP contribution in [0.15, 0.2) is 40.9 Å². The molecule has 3 aromatic rings. The molecule has 9 nitrogen and oxygen atoms in total. The molecular weight excluding hydrogens is 454 g/mol. The average molecular weight is 484 g/mol. The number of aryl methyl sites for hydroxylation is 1. The van der Waals surface area contributed by atoms with Crippen molar-refractivity contribution in [3.63, 3.8) is 0 Å². The van der Waals surface area contributed by atoms with Crippen LogP contribution in [0.5, 0.6) is 0 Å². The van der Waals surface area contributed by atoms with Gasteiger partial charge in [0, 0.05) is 37.2 Å². The number of ether oxygens (including phenoxy) is 1. The Labute approximate surface area is 199 Å². The third kappa shape index (κ3) is 4.66. The van der Waals surface area contributed by atoms with Gasteiger partial charge in [0.05, 0.1) is 25.5 Å². The minimum Gasteiger partial charge on any atom is -0.458 e. The highest BCUT2D eigenvalue weighted by Crippen LogP contribution is 2.32. The predicted molar refractivity (Wildman–Crippen MR) is 131 cm³/mol. The van der Waals surface area contributed by atoms with Crippen LogP contribution in [-0.4, -0.2) is 61.3 Å². The Balaban J connectivity index is 1.34. The van der Waals surface area contributed by atoms with E-state index in [1.54, 1.807) is 13.1 Å². The lowest BCUT2D eigenvalue weighted by molar-refractivity contribution is 0.122. The molecule has 1 saturated heterocycles. The number of hydrogen-bond acceptors (Lipinski definition) is 8. The maximum atomic E-state index is 12.3. The van der Waals surface area contributed by atoms with E-state index in [2.05, 4.69) is 27.3 Å². The molecule has 1 N–H and O–H groups in total. The van der Waals surface area contributed by atoms with Crippen LogP contribution in [0.4, 0.5) is 17.3 Å². The molecule has 4 heterocycles. The van der Waals surface area contributed by atoms with Crippen LogP contribution in [-0.2, 0) is 27.7 Å². The van der Waals surface area contributed by atoms with Crippen LogP contribution in [0, 0.1) is 6.92 Å². The lowest BCUT2D eigenvalue weighted by Crippen LogP contribution is -2.36. The first-order valence-corrected chi connectivity index (χ1v) is 13.2. The number of morpholine rings is 1. The monoisotopic (exact) mass is 483 g/mol. The van der Waals surface area contributed by atoms with Crippen molar-refractivity contribution in [1.82, 2.24) is 14.3 Å². The third-order valence-corrected chi connectivity index (χ3v) is 8.14. The zero-order valence-corrected chi connectivity index (χ0v) is 20.3. The number of hydrogen-bond donors (Lipinski definition) is 1. The van der Waals surface area contributed by atoms with Gasteiger partial charge in [0.25, 0.3) is 0 Å². The Morgan fingerprint density at radius 1 is 1.12 bits per heavy atom. The number of furan rings is 1. The number of nitrogens with zero attached hydrogens (tertiary/aromatic N) is 4. The summed E-state index contributed by atoms with van der Waals surface area (Å²) < 4.78 is 37.5. The van der Waals surface area contributed by atoms with Gasteiger partial charge in [-0.3, -0.25) is 0 Å². The van der Waals surface area contributed by atoms with Crippen molar-refractivity contribution in [1.29, 1.82) is 0 Å². The van der Waals surface area contributed by atoms with Crippen molar-refractivity contribution >= 4 is 27.3 Å². The van der Waals surface area contributed by atoms with Crippen molar-refractivity contribution in [3.8, 4) is 11.5 Å². The van der Waals surface area contributed by atoms with E-state index < -0.39 is 10.0 Å². The van der Waals surface area contributed by atoms with E-state index in [0.717, 1.165) is 43.1 Å². The molecule has 10 heteroatoms. The molecule has 1 aromatic carbocycles. The molecule has 0 atom stereocenters. The van der Waals surface area contributed by atoms with Crippen LogP contribution in [0.25, 0.3) is 11.5 Å². The summed E-state index contributed by atoms with van der Waals surface area (Å²) in [5, 5.41) is 3.27. The van der Waals surface area contributed by atoms with E-state index in [9.17, 15) is 8.42 Å². The standard InChI is InChI=1S/C24H29N5O4S/c1-3-34(30,31)29-9-8-18-14-21(33-22(18)16-29)23-17(2)15-25-24(27-23)26-19-4-6-20(7-5-19)28-10-12-32-13-11-28/h4-7,14-15H,3,8-13,16H2,1-2H3,(H,25,26,27). The molecule has 0 bridgehead atoms. The highest BCUT2D eigenvalue weighted by Gasteiger charge is 2.28. The number of nitrogens with one attached hydrogen (secondary N) is 1. The van der Waals surface area contributed by atoms with E-state index >= 15 is 0 Å². The first-order chi connectivity index (χ1) is 16.4. The summed E-state index contributed by atoms with van der Waals surface area (Å²) in [5.74, 6) is 1.88. The number of fused-ring (bicyclic) bond motifs is 1. The molecule has 2 aromatic heterocycles. The summed E-state index contributed by atoms with van der Waals surface area (Å²) in [6, 6.07) is 10.2. The fraction of sp³-hybridized carbons (Fsp3) is 0.417. The fourth-order valence-corrected chi connectivity index (χ4v) is 5.34. The highest BCUT2D eigenvalue weighted by atomic mass is 32.2. The van der Waals surface area contributed by atoms with Gasteiger partial charge in [0.1, 0.15) is 11.5 Å². The molecule has 2 aliphatic rings. The Morgan fingerprint density at radius 3 is 2.62 bits per heavy atom. The van der Waals surface area contributed by atoms with Crippen molar-refractivity contribution < 1.29 is 17.6 Å². The molecule has 0 unspecified atom stereocenters. The van der Waals surface area contributed by atoms with Gasteiger partial charge < -0.3 is 19.4 Å². The molecule has 0 radical (unpaired) electrons. The maximum absolute atomic E-state index is 12.3. The molecular formula is C24H29N5O4S. The minimum atomic E-state index is -3.25. The fourth-order valence-electron chi connectivity index (χ4n) is 4.29. The maximum Gasteiger partial charge on any atom is 0.227 e. The normalized spacial score (nSPS) is 16.9. The van der Waals surface area contributed by atoms with E-state index in [-0.39, 0.29) is 12.3 Å². The topological polar surface area (TPSA) is 101 Å². The zero-order chi connectivity index (χ0) is 23.7. The van der Waals surface area contributed by atoms with Gasteiger partial charge in [-0.2, -0.15) is 4.31 Å². The quantitative estimate of drug-likeness (QED) is 0.570. The van der Waals surface area contributed by atoms with E-state index in [1.807, 2.05) is 25.1 Å². The largest absolute Gasteiger partial charge is 0.458 e. The van der Waals surface area contributed by atoms with Crippen LogP contribution >= 0.6 is 0 Å². The second-order valence-electron chi connectivity index (χ2n) is 8.54. The second kappa shape index (κ2) is 9.36. The lowest BCUT2D eigenvalue weighted by Gasteiger charge is -2.28. The Hall–Kier alpha value is -2.95. The van der Waals surface area contributed by atoms with Gasteiger partial charge >= 0.3 is 0 Å². The Kier molecular flexibility index (Phi) is 6.28. The van der Waals surface area contributed by atoms with Gasteiger partial charge in [-0.25, -0.2) is 18.4 Å². The summed E-state index contributed by atoms with van der Waals surface area (Å²) in [5.41, 5.74) is 4.67. The number of rotatable bonds is 6. The first-order valence-electron chi connectivity index (χ1n) is 11.6. The summed E-state index contributed by atoms with van der Waals surface area (Å²) >= 11 is 0. The Morgan fingerprint density at radius 2 is 1.88 bits per heavy atom. The molecule has 0 saturated carbocycles. The van der Waals surface area contributed by atoms with Gasteiger partial charge in [0.2, 0.25) is 16.0 Å². The predicted octanol–water partition coefficient (Wildman–Crippen LogP) is 3.33. The van der Waals surface area contributed by atoms with Crippen molar-refractivity contribution in [2.75, 3.05) is 48.8 Å². The number of aromatic nitrogens is 2. The molecule has 0 amide bonds. The molecule has 0 aliphatic carbocycles. The molecule has 2 aliphatic heterocycles.